The summed E-state index contributed by atoms with van der Waals surface area (Å²) >= 11 is 1.27. The van der Waals surface area contributed by atoms with Gasteiger partial charge in [0.15, 0.2) is 22.5 Å². The van der Waals surface area contributed by atoms with Crippen LogP contribution in [0.15, 0.2) is 53.7 Å². The molecule has 1 aliphatic rings. The number of thioether (sulfide) groups is 1. The van der Waals surface area contributed by atoms with Crippen molar-refractivity contribution in [3.8, 4) is 11.4 Å². The molecule has 7 nitrogen and oxygen atoms in total. The summed E-state index contributed by atoms with van der Waals surface area (Å²) in [5.41, 5.74) is 1.20. The van der Waals surface area contributed by atoms with E-state index < -0.39 is 5.82 Å². The van der Waals surface area contributed by atoms with Crippen LogP contribution in [0.2, 0.25) is 0 Å². The fraction of sp³-hybridized carbons (Fsp3) is 0.286. The van der Waals surface area contributed by atoms with Crippen LogP contribution in [0.3, 0.4) is 0 Å². The van der Waals surface area contributed by atoms with Gasteiger partial charge in [-0.15, -0.1) is 10.2 Å². The van der Waals surface area contributed by atoms with E-state index in [1.54, 1.807) is 6.07 Å². The number of ether oxygens (including phenoxy) is 2. The third-order valence-corrected chi connectivity index (χ3v) is 5.66. The number of rotatable bonds is 7. The Labute approximate surface area is 177 Å². The number of ketones is 1. The number of hydrogen-bond donors (Lipinski definition) is 0. The lowest BCUT2D eigenvalue weighted by molar-refractivity contribution is 0.102. The lowest BCUT2D eigenvalue weighted by Crippen LogP contribution is -2.37. The first-order chi connectivity index (χ1) is 14.7. The molecule has 1 fully saturated rings. The molecule has 0 saturated carbocycles. The topological polar surface area (TPSA) is 69.5 Å². The second kappa shape index (κ2) is 9.27. The van der Waals surface area contributed by atoms with Gasteiger partial charge in [0.25, 0.3) is 0 Å². The third-order valence-electron chi connectivity index (χ3n) is 4.73. The number of carbonyl (C=O) groups is 1. The summed E-state index contributed by atoms with van der Waals surface area (Å²) in [6.07, 6.45) is 0. The fourth-order valence-electron chi connectivity index (χ4n) is 3.18. The van der Waals surface area contributed by atoms with Crippen molar-refractivity contribution in [1.82, 2.24) is 14.8 Å². The van der Waals surface area contributed by atoms with Gasteiger partial charge >= 0.3 is 0 Å². The fourth-order valence-corrected chi connectivity index (χ4v) is 4.02. The van der Waals surface area contributed by atoms with E-state index in [1.807, 2.05) is 34.9 Å². The quantitative estimate of drug-likeness (QED) is 0.423. The maximum atomic E-state index is 13.9. The molecule has 0 unspecified atom stereocenters. The smallest absolute Gasteiger partial charge is 0.232 e. The van der Waals surface area contributed by atoms with Crippen molar-refractivity contribution in [3.05, 3.63) is 59.9 Å². The minimum atomic E-state index is -0.560. The Balaban J connectivity index is 1.57. The average molecular weight is 428 g/mol. The Morgan fingerprint density at radius 1 is 1.17 bits per heavy atom. The summed E-state index contributed by atoms with van der Waals surface area (Å²) in [4.78, 5) is 14.7. The molecule has 1 aliphatic heterocycles. The normalized spacial score (nSPS) is 14.0. The Bertz CT molecular complexity index is 1020. The van der Waals surface area contributed by atoms with E-state index in [2.05, 4.69) is 15.1 Å². The van der Waals surface area contributed by atoms with Crippen LogP contribution >= 0.6 is 11.8 Å². The summed E-state index contributed by atoms with van der Waals surface area (Å²) < 4.78 is 26.2. The molecule has 0 spiro atoms. The van der Waals surface area contributed by atoms with E-state index >= 15 is 0 Å². The van der Waals surface area contributed by atoms with Crippen LogP contribution < -0.4 is 9.64 Å². The molecule has 3 aromatic rings. The molecule has 0 radical (unpaired) electrons. The molecule has 9 heteroatoms. The summed E-state index contributed by atoms with van der Waals surface area (Å²) in [6.45, 7) is 2.71. The number of methoxy groups -OCH3 is 1. The molecule has 0 N–H and O–H groups in total. The highest BCUT2D eigenvalue weighted by atomic mass is 32.2. The molecule has 156 valence electrons. The van der Waals surface area contributed by atoms with Gasteiger partial charge in [-0.2, -0.15) is 0 Å². The predicted molar refractivity (Wildman–Crippen MR) is 112 cm³/mol. The summed E-state index contributed by atoms with van der Waals surface area (Å²) in [5.74, 6) is 0.181. The van der Waals surface area contributed by atoms with E-state index in [4.69, 9.17) is 9.47 Å². The average Bonchev–Trinajstić information content (AvgIpc) is 3.22. The molecule has 1 aromatic heterocycles. The van der Waals surface area contributed by atoms with Crippen LogP contribution in [0.5, 0.6) is 5.75 Å². The number of anilines is 1. The number of hydrogen-bond acceptors (Lipinski definition) is 7. The number of aromatic nitrogens is 3. The number of benzene rings is 2. The first kappa shape index (κ1) is 20.4. The van der Waals surface area contributed by atoms with Crippen LogP contribution in [0.1, 0.15) is 10.4 Å². The first-order valence-electron chi connectivity index (χ1n) is 9.50. The third kappa shape index (κ3) is 4.31. The van der Waals surface area contributed by atoms with Crippen LogP contribution in [0.25, 0.3) is 5.69 Å². The second-order valence-corrected chi connectivity index (χ2v) is 7.56. The largest absolute Gasteiger partial charge is 0.494 e. The monoisotopic (exact) mass is 428 g/mol. The molecule has 0 bridgehead atoms. The number of nitrogens with zero attached hydrogens (tertiary/aromatic N) is 4. The zero-order chi connectivity index (χ0) is 20.9. The molecule has 0 amide bonds. The van der Waals surface area contributed by atoms with Gasteiger partial charge in [-0.1, -0.05) is 30.0 Å². The highest BCUT2D eigenvalue weighted by molar-refractivity contribution is 7.99. The van der Waals surface area contributed by atoms with E-state index in [1.165, 1.54) is 31.0 Å². The number of carbonyl (C=O) groups excluding carboxylic acids is 1. The Morgan fingerprint density at radius 3 is 2.63 bits per heavy atom. The van der Waals surface area contributed by atoms with Gasteiger partial charge in [-0.3, -0.25) is 9.36 Å². The van der Waals surface area contributed by atoms with Crippen molar-refractivity contribution >= 4 is 23.5 Å². The van der Waals surface area contributed by atoms with Crippen molar-refractivity contribution in [2.24, 2.45) is 0 Å². The van der Waals surface area contributed by atoms with E-state index in [0.29, 0.717) is 23.9 Å². The molecular weight excluding hydrogens is 407 g/mol. The van der Waals surface area contributed by atoms with Crippen molar-refractivity contribution in [2.75, 3.05) is 44.1 Å². The highest BCUT2D eigenvalue weighted by Crippen LogP contribution is 2.28. The molecule has 30 heavy (non-hydrogen) atoms. The number of halogens is 1. The maximum Gasteiger partial charge on any atom is 0.232 e. The van der Waals surface area contributed by atoms with Crippen LogP contribution in [-0.2, 0) is 4.74 Å². The van der Waals surface area contributed by atoms with E-state index in [0.717, 1.165) is 24.7 Å². The lowest BCUT2D eigenvalue weighted by atomic mass is 10.1. The number of Topliss-reactive ketones (excluding diaryl/α,β-unsaturated/α-hetero) is 1. The molecule has 2 heterocycles. The van der Waals surface area contributed by atoms with Crippen molar-refractivity contribution in [1.29, 1.82) is 0 Å². The second-order valence-electron chi connectivity index (χ2n) is 6.61. The van der Waals surface area contributed by atoms with Crippen molar-refractivity contribution < 1.29 is 18.7 Å². The molecule has 0 atom stereocenters. The molecule has 2 aromatic carbocycles. The Kier molecular flexibility index (Phi) is 6.29. The molecule has 0 aliphatic carbocycles. The minimum absolute atomic E-state index is 0.109. The highest BCUT2D eigenvalue weighted by Gasteiger charge is 2.22. The first-order valence-corrected chi connectivity index (χ1v) is 10.5. The maximum absolute atomic E-state index is 13.9. The molecule has 4 rings (SSSR count). The van der Waals surface area contributed by atoms with Gasteiger partial charge in [-0.05, 0) is 30.3 Å². The Hall–Kier alpha value is -2.91. The molecule has 1 saturated heterocycles. The van der Waals surface area contributed by atoms with Gasteiger partial charge in [0, 0.05) is 18.7 Å². The van der Waals surface area contributed by atoms with E-state index in [9.17, 15) is 9.18 Å². The zero-order valence-corrected chi connectivity index (χ0v) is 17.3. The Morgan fingerprint density at radius 2 is 1.93 bits per heavy atom. The number of morpholine rings is 1. The van der Waals surface area contributed by atoms with Gasteiger partial charge in [-0.25, -0.2) is 4.39 Å². The lowest BCUT2D eigenvalue weighted by Gasteiger charge is -2.27. The van der Waals surface area contributed by atoms with Crippen molar-refractivity contribution in [2.45, 2.75) is 5.16 Å². The van der Waals surface area contributed by atoms with Crippen LogP contribution in [0, 0.1) is 5.82 Å². The minimum Gasteiger partial charge on any atom is -0.494 e. The van der Waals surface area contributed by atoms with Gasteiger partial charge in [0.2, 0.25) is 5.95 Å². The van der Waals surface area contributed by atoms with E-state index in [-0.39, 0.29) is 17.3 Å². The summed E-state index contributed by atoms with van der Waals surface area (Å²) in [7, 11) is 1.39. The van der Waals surface area contributed by atoms with Crippen LogP contribution in [0.4, 0.5) is 10.3 Å². The summed E-state index contributed by atoms with van der Waals surface area (Å²) in [6, 6.07) is 14.0. The zero-order valence-electron chi connectivity index (χ0n) is 16.5. The molecular formula is C21H21FN4O3S. The van der Waals surface area contributed by atoms with Crippen molar-refractivity contribution in [3.63, 3.8) is 0 Å². The SMILES string of the molecule is COc1ccc(C(=O)CSc2nnc(N3CCOCC3)n2-c2ccccc2)cc1F. The predicted octanol–water partition coefficient (Wildman–Crippen LogP) is 3.23. The van der Waals surface area contributed by atoms with Gasteiger partial charge < -0.3 is 14.4 Å². The summed E-state index contributed by atoms with van der Waals surface area (Å²) in [5, 5.41) is 9.31. The standard InChI is InChI=1S/C21H21FN4O3S/c1-28-19-8-7-15(13-17(19)22)18(27)14-30-21-24-23-20(25-9-11-29-12-10-25)26(21)16-5-3-2-4-6-16/h2-8,13H,9-12,14H2,1H3. The van der Waals surface area contributed by atoms with Gasteiger partial charge in [0.05, 0.1) is 31.8 Å². The number of para-hydroxylation sites is 1. The van der Waals surface area contributed by atoms with Gasteiger partial charge in [0.1, 0.15) is 0 Å². The van der Waals surface area contributed by atoms with Crippen LogP contribution in [-0.4, -0.2) is 59.7 Å².